The van der Waals surface area contributed by atoms with Crippen molar-refractivity contribution in [1.29, 1.82) is 0 Å². The maximum Gasteiger partial charge on any atom is 0.308 e. The van der Waals surface area contributed by atoms with Crippen LogP contribution in [0.5, 0.6) is 0 Å². The number of allylic oxidation sites excluding steroid dienone is 3. The number of esters is 3. The summed E-state index contributed by atoms with van der Waals surface area (Å²) in [5.74, 6) is -1.15. The predicted octanol–water partition coefficient (Wildman–Crippen LogP) is 3.74. The molecule has 0 aromatic heterocycles. The first-order chi connectivity index (χ1) is 16.9. The predicted molar refractivity (Wildman–Crippen MR) is 127 cm³/mol. The monoisotopic (exact) mass is 498 g/mol. The molecule has 36 heavy (non-hydrogen) atoms. The van der Waals surface area contributed by atoms with Gasteiger partial charge in [0.15, 0.2) is 5.78 Å². The first kappa shape index (κ1) is 24.9. The molecule has 5 aliphatic rings. The number of ketones is 1. The van der Waals surface area contributed by atoms with E-state index >= 15 is 0 Å². The fourth-order valence-electron chi connectivity index (χ4n) is 7.80. The molecule has 5 rings (SSSR count). The lowest BCUT2D eigenvalue weighted by Crippen LogP contribution is -2.61. The van der Waals surface area contributed by atoms with Crippen molar-refractivity contribution < 1.29 is 38.1 Å². The second-order valence-electron chi connectivity index (χ2n) is 11.2. The highest BCUT2D eigenvalue weighted by Crippen LogP contribution is 2.75. The molecule has 1 spiro atoms. The summed E-state index contributed by atoms with van der Waals surface area (Å²) < 4.78 is 23.2. The van der Waals surface area contributed by atoms with Crippen LogP contribution in [0.4, 0.5) is 0 Å². The Kier molecular flexibility index (Phi) is 5.63. The van der Waals surface area contributed by atoms with Crippen LogP contribution in [-0.4, -0.2) is 47.6 Å². The number of hydrogen-bond acceptors (Lipinski definition) is 8. The average Bonchev–Trinajstić information content (AvgIpc) is 3.45. The molecule has 0 amide bonds. The van der Waals surface area contributed by atoms with Crippen molar-refractivity contribution in [3.05, 3.63) is 35.6 Å². The van der Waals surface area contributed by atoms with Gasteiger partial charge in [0.05, 0.1) is 18.6 Å². The molecule has 0 N–H and O–H groups in total. The summed E-state index contributed by atoms with van der Waals surface area (Å²) in [6.07, 6.45) is 9.63. The molecule has 7 atom stereocenters. The molecule has 0 radical (unpaired) electrons. The molecule has 0 aromatic rings. The summed E-state index contributed by atoms with van der Waals surface area (Å²) in [4.78, 5) is 49.3. The zero-order chi connectivity index (χ0) is 26.1. The Balaban J connectivity index is 1.50. The molecular formula is C28H34O8. The van der Waals surface area contributed by atoms with E-state index in [1.807, 2.05) is 6.08 Å². The molecule has 0 bridgehead atoms. The molecular weight excluding hydrogens is 464 g/mol. The first-order valence-electron chi connectivity index (χ1n) is 12.8. The molecule has 3 fully saturated rings. The Morgan fingerprint density at radius 1 is 1.14 bits per heavy atom. The minimum Gasteiger partial charge on any atom is -0.466 e. The van der Waals surface area contributed by atoms with Crippen molar-refractivity contribution in [2.75, 3.05) is 6.61 Å². The summed E-state index contributed by atoms with van der Waals surface area (Å²) in [5.41, 5.74) is -1.81. The van der Waals surface area contributed by atoms with Crippen LogP contribution in [0, 0.1) is 22.7 Å². The molecule has 1 heterocycles. The molecule has 2 saturated carbocycles. The van der Waals surface area contributed by atoms with Gasteiger partial charge in [0.1, 0.15) is 17.0 Å². The maximum absolute atomic E-state index is 13.8. The van der Waals surface area contributed by atoms with Crippen LogP contribution in [0.15, 0.2) is 35.6 Å². The SMILES string of the molecule is CCC(=O)OCC[C@@]1(OC(C)=O)CC[C@H]2[C@@H]3C(=O)C=C4C=C(OC(C)=O)C=C[C@]4(C)[C@@]34O[C@H]4C[C@@]21C. The van der Waals surface area contributed by atoms with Gasteiger partial charge in [-0.2, -0.15) is 0 Å². The van der Waals surface area contributed by atoms with Gasteiger partial charge >= 0.3 is 17.9 Å². The molecule has 1 saturated heterocycles. The van der Waals surface area contributed by atoms with E-state index in [0.29, 0.717) is 31.4 Å². The van der Waals surface area contributed by atoms with Gasteiger partial charge < -0.3 is 18.9 Å². The summed E-state index contributed by atoms with van der Waals surface area (Å²) >= 11 is 0. The van der Waals surface area contributed by atoms with Gasteiger partial charge in [-0.1, -0.05) is 19.9 Å². The van der Waals surface area contributed by atoms with E-state index in [1.165, 1.54) is 13.8 Å². The van der Waals surface area contributed by atoms with Gasteiger partial charge in [-0.3, -0.25) is 19.2 Å². The van der Waals surface area contributed by atoms with Crippen LogP contribution in [0.25, 0.3) is 0 Å². The van der Waals surface area contributed by atoms with Crippen molar-refractivity contribution >= 4 is 23.7 Å². The Hall–Kier alpha value is -2.74. The van der Waals surface area contributed by atoms with E-state index in [4.69, 9.17) is 18.9 Å². The van der Waals surface area contributed by atoms with E-state index in [2.05, 4.69) is 13.8 Å². The lowest BCUT2D eigenvalue weighted by atomic mass is 9.47. The van der Waals surface area contributed by atoms with Crippen molar-refractivity contribution in [1.82, 2.24) is 0 Å². The molecule has 8 heteroatoms. The van der Waals surface area contributed by atoms with Gasteiger partial charge in [-0.25, -0.2) is 0 Å². The van der Waals surface area contributed by atoms with E-state index in [1.54, 1.807) is 25.2 Å². The summed E-state index contributed by atoms with van der Waals surface area (Å²) in [6.45, 7) is 8.83. The maximum atomic E-state index is 13.8. The third-order valence-corrected chi connectivity index (χ3v) is 9.50. The van der Waals surface area contributed by atoms with Crippen LogP contribution in [0.1, 0.15) is 66.7 Å². The van der Waals surface area contributed by atoms with Crippen LogP contribution in [0.3, 0.4) is 0 Å². The highest BCUT2D eigenvalue weighted by Gasteiger charge is 2.82. The average molecular weight is 499 g/mol. The smallest absolute Gasteiger partial charge is 0.308 e. The normalized spacial score (nSPS) is 41.6. The van der Waals surface area contributed by atoms with Gasteiger partial charge in [0, 0.05) is 37.5 Å². The topological polar surface area (TPSA) is 108 Å². The van der Waals surface area contributed by atoms with Crippen molar-refractivity contribution in [3.63, 3.8) is 0 Å². The summed E-state index contributed by atoms with van der Waals surface area (Å²) in [5, 5.41) is 0. The van der Waals surface area contributed by atoms with Crippen LogP contribution < -0.4 is 0 Å². The minimum atomic E-state index is -0.842. The first-order valence-corrected chi connectivity index (χ1v) is 12.8. The van der Waals surface area contributed by atoms with Crippen LogP contribution in [-0.2, 0) is 38.1 Å². The number of ether oxygens (including phenoxy) is 4. The number of fused-ring (bicyclic) bond motifs is 3. The third kappa shape index (κ3) is 3.29. The van der Waals surface area contributed by atoms with E-state index < -0.39 is 28.0 Å². The van der Waals surface area contributed by atoms with E-state index in [9.17, 15) is 19.2 Å². The lowest BCUT2D eigenvalue weighted by Gasteiger charge is -2.54. The molecule has 8 nitrogen and oxygen atoms in total. The van der Waals surface area contributed by atoms with E-state index in [0.717, 1.165) is 5.57 Å². The Morgan fingerprint density at radius 2 is 1.89 bits per heavy atom. The zero-order valence-corrected chi connectivity index (χ0v) is 21.6. The van der Waals surface area contributed by atoms with Crippen molar-refractivity contribution in [2.45, 2.75) is 84.0 Å². The summed E-state index contributed by atoms with van der Waals surface area (Å²) in [7, 11) is 0. The Morgan fingerprint density at radius 3 is 2.56 bits per heavy atom. The standard InChI is InChI=1S/C28H34O8/c1-6-23(32)33-12-11-27(35-17(3)30)10-8-20-24-21(31)14-18-13-19(34-16(2)29)7-9-25(18,4)28(24)22(36-28)15-26(20,27)5/h7,9,13-14,20,22,24H,6,8,10-12,15H2,1-5H3/t20-,22-,24+,25-,26-,27-,28-/m0/s1. The van der Waals surface area contributed by atoms with Gasteiger partial charge in [0.25, 0.3) is 0 Å². The van der Waals surface area contributed by atoms with Crippen molar-refractivity contribution in [2.24, 2.45) is 22.7 Å². The molecule has 4 aliphatic carbocycles. The molecule has 1 aliphatic heterocycles. The number of rotatable bonds is 6. The number of epoxide rings is 1. The highest BCUT2D eigenvalue weighted by molar-refractivity contribution is 5.97. The van der Waals surface area contributed by atoms with Crippen LogP contribution in [0.2, 0.25) is 0 Å². The Labute approximate surface area is 211 Å². The van der Waals surface area contributed by atoms with Gasteiger partial charge in [-0.05, 0) is 55.9 Å². The highest BCUT2D eigenvalue weighted by atomic mass is 16.6. The third-order valence-electron chi connectivity index (χ3n) is 9.50. The quantitative estimate of drug-likeness (QED) is 0.310. The van der Waals surface area contributed by atoms with Crippen molar-refractivity contribution in [3.8, 4) is 0 Å². The number of carbonyl (C=O) groups is 4. The van der Waals surface area contributed by atoms with Crippen LogP contribution >= 0.6 is 0 Å². The molecule has 194 valence electrons. The van der Waals surface area contributed by atoms with Gasteiger partial charge in [-0.15, -0.1) is 0 Å². The second-order valence-corrected chi connectivity index (χ2v) is 11.2. The minimum absolute atomic E-state index is 0.00865. The lowest BCUT2D eigenvalue weighted by molar-refractivity contribution is -0.182. The van der Waals surface area contributed by atoms with E-state index in [-0.39, 0.29) is 48.7 Å². The fraction of sp³-hybridized carbons (Fsp3) is 0.643. The largest absolute Gasteiger partial charge is 0.466 e. The zero-order valence-electron chi connectivity index (χ0n) is 21.6. The summed E-state index contributed by atoms with van der Waals surface area (Å²) in [6, 6.07) is 0. The molecule has 0 unspecified atom stereocenters. The second kappa shape index (κ2) is 8.13. The number of hydrogen-bond donors (Lipinski definition) is 0. The van der Waals surface area contributed by atoms with Gasteiger partial charge in [0.2, 0.25) is 0 Å². The molecule has 0 aromatic carbocycles. The Bertz CT molecular complexity index is 1130. The fourth-order valence-corrected chi connectivity index (χ4v) is 7.80. The number of carbonyl (C=O) groups excluding carboxylic acids is 4.